The summed E-state index contributed by atoms with van der Waals surface area (Å²) in [5.74, 6) is 1.47. The van der Waals surface area contributed by atoms with Crippen LogP contribution in [0.4, 0.5) is 0 Å². The van der Waals surface area contributed by atoms with Gasteiger partial charge in [0.1, 0.15) is 0 Å². The average Bonchev–Trinajstić information content (AvgIpc) is 3.10. The number of rotatable bonds is 5. The molecule has 2 saturated heterocycles. The molecule has 3 nitrogen and oxygen atoms in total. The molecule has 4 unspecified atom stereocenters. The van der Waals surface area contributed by atoms with Gasteiger partial charge in [-0.3, -0.25) is 0 Å². The van der Waals surface area contributed by atoms with E-state index in [1.807, 2.05) is 0 Å². The zero-order chi connectivity index (χ0) is 14.7. The Labute approximate surface area is 130 Å². The molecule has 3 fully saturated rings. The summed E-state index contributed by atoms with van der Waals surface area (Å²) in [7, 11) is 0. The number of nitrogens with one attached hydrogen (secondary N) is 1. The van der Waals surface area contributed by atoms with Crippen LogP contribution < -0.4 is 5.32 Å². The molecule has 21 heavy (non-hydrogen) atoms. The van der Waals surface area contributed by atoms with Crippen molar-refractivity contribution in [2.45, 2.75) is 83.0 Å². The molecular weight excluding hydrogens is 262 g/mol. The van der Waals surface area contributed by atoms with Crippen LogP contribution in [-0.4, -0.2) is 37.5 Å². The maximum Gasteiger partial charge on any atom is 0.0685 e. The van der Waals surface area contributed by atoms with E-state index in [1.165, 1.54) is 51.4 Å². The molecule has 122 valence electrons. The summed E-state index contributed by atoms with van der Waals surface area (Å²) in [5.41, 5.74) is 0.234. The lowest BCUT2D eigenvalue weighted by molar-refractivity contribution is -0.102. The zero-order valence-corrected chi connectivity index (χ0v) is 13.9. The fraction of sp³-hybridized carbons (Fsp3) is 1.00. The molecule has 0 aromatic rings. The summed E-state index contributed by atoms with van der Waals surface area (Å²) in [5, 5.41) is 3.88. The van der Waals surface area contributed by atoms with Crippen LogP contribution in [0.15, 0.2) is 0 Å². The van der Waals surface area contributed by atoms with Gasteiger partial charge in [-0.05, 0) is 57.9 Å². The molecule has 0 amide bonds. The lowest BCUT2D eigenvalue weighted by Gasteiger charge is -2.43. The van der Waals surface area contributed by atoms with E-state index in [9.17, 15) is 0 Å². The van der Waals surface area contributed by atoms with Crippen LogP contribution in [0.3, 0.4) is 0 Å². The smallest absolute Gasteiger partial charge is 0.0685 e. The van der Waals surface area contributed by atoms with Crippen molar-refractivity contribution in [3.63, 3.8) is 0 Å². The normalized spacial score (nSPS) is 37.1. The molecular formula is C18H33NO2. The fourth-order valence-electron chi connectivity index (χ4n) is 4.94. The standard InChI is InChI=1S/C18H33NO2/c1-3-10-19-17(16-7-11-20-14(16)2)15-6-12-21-18(13-15)8-4-5-9-18/h14-17,19H,3-13H2,1-2H3. The molecule has 1 spiro atoms. The van der Waals surface area contributed by atoms with E-state index in [0.29, 0.717) is 18.1 Å². The van der Waals surface area contributed by atoms with Gasteiger partial charge in [0.2, 0.25) is 0 Å². The van der Waals surface area contributed by atoms with Crippen molar-refractivity contribution >= 4 is 0 Å². The van der Waals surface area contributed by atoms with Gasteiger partial charge in [0.25, 0.3) is 0 Å². The number of hydrogen-bond acceptors (Lipinski definition) is 3. The number of hydrogen-bond donors (Lipinski definition) is 1. The van der Waals surface area contributed by atoms with Gasteiger partial charge in [-0.2, -0.15) is 0 Å². The van der Waals surface area contributed by atoms with E-state index in [4.69, 9.17) is 9.47 Å². The Kier molecular flexibility index (Phi) is 5.23. The molecule has 1 N–H and O–H groups in total. The summed E-state index contributed by atoms with van der Waals surface area (Å²) in [6.07, 6.45) is 10.7. The van der Waals surface area contributed by atoms with Gasteiger partial charge in [-0.1, -0.05) is 19.8 Å². The van der Waals surface area contributed by atoms with Crippen molar-refractivity contribution < 1.29 is 9.47 Å². The Bertz CT molecular complexity index is 327. The van der Waals surface area contributed by atoms with Crippen molar-refractivity contribution in [3.05, 3.63) is 0 Å². The van der Waals surface area contributed by atoms with Crippen molar-refractivity contribution in [2.24, 2.45) is 11.8 Å². The highest BCUT2D eigenvalue weighted by Crippen LogP contribution is 2.44. The van der Waals surface area contributed by atoms with Crippen molar-refractivity contribution in [1.29, 1.82) is 0 Å². The average molecular weight is 295 g/mol. The van der Waals surface area contributed by atoms with Gasteiger partial charge in [0, 0.05) is 25.2 Å². The maximum absolute atomic E-state index is 6.24. The first kappa shape index (κ1) is 15.8. The summed E-state index contributed by atoms with van der Waals surface area (Å²) in [6.45, 7) is 7.59. The molecule has 3 rings (SSSR count). The zero-order valence-electron chi connectivity index (χ0n) is 13.9. The maximum atomic E-state index is 6.24. The third-order valence-electron chi connectivity index (χ3n) is 6.08. The fourth-order valence-corrected chi connectivity index (χ4v) is 4.94. The molecule has 4 atom stereocenters. The van der Waals surface area contributed by atoms with Crippen LogP contribution >= 0.6 is 0 Å². The second-order valence-corrected chi connectivity index (χ2v) is 7.50. The molecule has 1 aliphatic carbocycles. The van der Waals surface area contributed by atoms with Crippen LogP contribution in [0.2, 0.25) is 0 Å². The van der Waals surface area contributed by atoms with E-state index in [1.54, 1.807) is 0 Å². The molecule has 2 aliphatic heterocycles. The summed E-state index contributed by atoms with van der Waals surface area (Å²) in [4.78, 5) is 0. The highest BCUT2D eigenvalue weighted by molar-refractivity contribution is 4.97. The number of ether oxygens (including phenoxy) is 2. The predicted molar refractivity (Wildman–Crippen MR) is 85.5 cm³/mol. The van der Waals surface area contributed by atoms with E-state index in [0.717, 1.165) is 25.7 Å². The molecule has 3 aliphatic rings. The molecule has 1 saturated carbocycles. The molecule has 3 heteroatoms. The van der Waals surface area contributed by atoms with Gasteiger partial charge in [-0.25, -0.2) is 0 Å². The lowest BCUT2D eigenvalue weighted by Crippen LogP contribution is -2.50. The van der Waals surface area contributed by atoms with Gasteiger partial charge in [-0.15, -0.1) is 0 Å². The molecule has 2 heterocycles. The SMILES string of the molecule is CCCNC(C1CCOC2(CCCC2)C1)C1CCOC1C. The lowest BCUT2D eigenvalue weighted by atomic mass is 9.75. The molecule has 0 aromatic heterocycles. The third-order valence-corrected chi connectivity index (χ3v) is 6.08. The Morgan fingerprint density at radius 1 is 1.19 bits per heavy atom. The first-order valence-electron chi connectivity index (χ1n) is 9.23. The van der Waals surface area contributed by atoms with E-state index >= 15 is 0 Å². The highest BCUT2D eigenvalue weighted by Gasteiger charge is 2.44. The molecule has 0 aromatic carbocycles. The highest BCUT2D eigenvalue weighted by atomic mass is 16.5. The monoisotopic (exact) mass is 295 g/mol. The van der Waals surface area contributed by atoms with Crippen LogP contribution in [0.1, 0.15) is 65.2 Å². The Hall–Kier alpha value is -0.120. The molecule has 0 radical (unpaired) electrons. The largest absolute Gasteiger partial charge is 0.378 e. The minimum atomic E-state index is 0.234. The van der Waals surface area contributed by atoms with Crippen LogP contribution in [-0.2, 0) is 9.47 Å². The van der Waals surface area contributed by atoms with Crippen LogP contribution in [0, 0.1) is 11.8 Å². The van der Waals surface area contributed by atoms with E-state index < -0.39 is 0 Å². The Morgan fingerprint density at radius 2 is 2.00 bits per heavy atom. The summed E-state index contributed by atoms with van der Waals surface area (Å²) in [6, 6.07) is 0.629. The van der Waals surface area contributed by atoms with Crippen LogP contribution in [0.5, 0.6) is 0 Å². The summed E-state index contributed by atoms with van der Waals surface area (Å²) < 4.78 is 12.1. The van der Waals surface area contributed by atoms with Crippen molar-refractivity contribution in [3.8, 4) is 0 Å². The Morgan fingerprint density at radius 3 is 2.67 bits per heavy atom. The van der Waals surface area contributed by atoms with Gasteiger partial charge in [0.15, 0.2) is 0 Å². The minimum absolute atomic E-state index is 0.234. The predicted octanol–water partition coefficient (Wildman–Crippen LogP) is 3.52. The van der Waals surface area contributed by atoms with Gasteiger partial charge < -0.3 is 14.8 Å². The topological polar surface area (TPSA) is 30.5 Å². The van der Waals surface area contributed by atoms with E-state index in [2.05, 4.69) is 19.2 Å². The van der Waals surface area contributed by atoms with Gasteiger partial charge in [0.05, 0.1) is 11.7 Å². The first-order valence-corrected chi connectivity index (χ1v) is 9.23. The second kappa shape index (κ2) is 6.97. The van der Waals surface area contributed by atoms with E-state index in [-0.39, 0.29) is 5.60 Å². The first-order chi connectivity index (χ1) is 10.2. The third kappa shape index (κ3) is 3.46. The van der Waals surface area contributed by atoms with Crippen molar-refractivity contribution in [2.75, 3.05) is 19.8 Å². The van der Waals surface area contributed by atoms with Gasteiger partial charge >= 0.3 is 0 Å². The van der Waals surface area contributed by atoms with Crippen molar-refractivity contribution in [1.82, 2.24) is 5.32 Å². The quantitative estimate of drug-likeness (QED) is 0.842. The second-order valence-electron chi connectivity index (χ2n) is 7.50. The van der Waals surface area contributed by atoms with Crippen LogP contribution in [0.25, 0.3) is 0 Å². The minimum Gasteiger partial charge on any atom is -0.378 e. The summed E-state index contributed by atoms with van der Waals surface area (Å²) >= 11 is 0. The molecule has 0 bridgehead atoms. The Balaban J connectivity index is 1.69.